The molecule has 0 bridgehead atoms. The van der Waals surface area contributed by atoms with Crippen LogP contribution in [0.1, 0.15) is 10.4 Å². The topological polar surface area (TPSA) is 17.1 Å². The summed E-state index contributed by atoms with van der Waals surface area (Å²) in [5, 5.41) is 0.769. The van der Waals surface area contributed by atoms with Gasteiger partial charge in [0.2, 0.25) is 0 Å². The van der Waals surface area contributed by atoms with Crippen LogP contribution in [0.2, 0.25) is 5.02 Å². The molecule has 0 atom stereocenters. The minimum atomic E-state index is -0.0127. The van der Waals surface area contributed by atoms with E-state index in [0.29, 0.717) is 15.9 Å². The van der Waals surface area contributed by atoms with Gasteiger partial charge in [-0.2, -0.15) is 0 Å². The Kier molecular flexibility index (Phi) is 3.75. The lowest BCUT2D eigenvalue weighted by Crippen LogP contribution is -2.00. The number of rotatable bonds is 2. The lowest BCUT2D eigenvalue weighted by Gasteiger charge is -2.01. The van der Waals surface area contributed by atoms with Gasteiger partial charge in [0.1, 0.15) is 0 Å². The first-order chi connectivity index (χ1) is 5.66. The number of hydrogen-bond acceptors (Lipinski definition) is 1. The highest BCUT2D eigenvalue weighted by Gasteiger charge is 2.10. The highest BCUT2D eigenvalue weighted by atomic mass is 79.9. The van der Waals surface area contributed by atoms with E-state index in [1.165, 1.54) is 0 Å². The fourth-order valence-corrected chi connectivity index (χ4v) is 1.69. The molecule has 64 valence electrons. The molecule has 0 spiro atoms. The summed E-state index contributed by atoms with van der Waals surface area (Å²) in [4.78, 5) is 11.2. The van der Waals surface area contributed by atoms with E-state index >= 15 is 0 Å². The second kappa shape index (κ2) is 4.40. The van der Waals surface area contributed by atoms with Gasteiger partial charge in [0.05, 0.1) is 10.4 Å². The van der Waals surface area contributed by atoms with Crippen LogP contribution in [0.3, 0.4) is 0 Å². The van der Waals surface area contributed by atoms with Crippen LogP contribution in [0.25, 0.3) is 0 Å². The van der Waals surface area contributed by atoms with Crippen molar-refractivity contribution in [2.75, 3.05) is 5.33 Å². The maximum Gasteiger partial charge on any atom is 0.174 e. The average molecular weight is 312 g/mol. The maximum atomic E-state index is 11.2. The van der Waals surface area contributed by atoms with E-state index < -0.39 is 0 Å². The second-order valence-corrected chi connectivity index (χ2v) is 3.95. The van der Waals surface area contributed by atoms with Crippen molar-refractivity contribution in [2.24, 2.45) is 0 Å². The molecule has 0 aromatic heterocycles. The number of benzene rings is 1. The summed E-state index contributed by atoms with van der Waals surface area (Å²) in [5.41, 5.74) is 0.544. The van der Waals surface area contributed by atoms with Crippen molar-refractivity contribution < 1.29 is 4.79 Å². The fourth-order valence-electron chi connectivity index (χ4n) is 0.791. The number of carbonyl (C=O) groups is 1. The van der Waals surface area contributed by atoms with E-state index in [0.717, 1.165) is 4.47 Å². The zero-order valence-corrected chi connectivity index (χ0v) is 9.91. The monoisotopic (exact) mass is 310 g/mol. The van der Waals surface area contributed by atoms with Gasteiger partial charge in [0.25, 0.3) is 0 Å². The highest BCUT2D eigenvalue weighted by molar-refractivity contribution is 9.10. The van der Waals surface area contributed by atoms with Crippen molar-refractivity contribution in [1.29, 1.82) is 0 Å². The van der Waals surface area contributed by atoms with Gasteiger partial charge >= 0.3 is 0 Å². The Hall–Kier alpha value is 0.140. The second-order valence-electron chi connectivity index (χ2n) is 2.16. The lowest BCUT2D eigenvalue weighted by molar-refractivity contribution is 0.102. The number of hydrogen-bond donors (Lipinski definition) is 0. The van der Waals surface area contributed by atoms with Gasteiger partial charge in [-0.25, -0.2) is 0 Å². The van der Waals surface area contributed by atoms with Gasteiger partial charge in [0.15, 0.2) is 5.78 Å². The number of carbonyl (C=O) groups excluding carboxylic acids is 1. The Morgan fingerprint density at radius 2 is 2.17 bits per heavy atom. The smallest absolute Gasteiger partial charge is 0.174 e. The van der Waals surface area contributed by atoms with Crippen LogP contribution in [0.15, 0.2) is 22.7 Å². The molecular weight excluding hydrogens is 307 g/mol. The molecule has 0 heterocycles. The third-order valence-corrected chi connectivity index (χ3v) is 3.18. The molecule has 0 unspecified atom stereocenters. The van der Waals surface area contributed by atoms with Gasteiger partial charge in [-0.05, 0) is 28.1 Å². The van der Waals surface area contributed by atoms with Crippen molar-refractivity contribution in [3.8, 4) is 0 Å². The first-order valence-electron chi connectivity index (χ1n) is 3.20. The Labute approximate surface area is 92.4 Å². The van der Waals surface area contributed by atoms with E-state index in [4.69, 9.17) is 11.6 Å². The van der Waals surface area contributed by atoms with Gasteiger partial charge in [0, 0.05) is 10.0 Å². The summed E-state index contributed by atoms with van der Waals surface area (Å²) in [7, 11) is 0. The Bertz CT molecular complexity index is 312. The maximum absolute atomic E-state index is 11.2. The van der Waals surface area contributed by atoms with Crippen molar-refractivity contribution in [1.82, 2.24) is 0 Å². The molecule has 12 heavy (non-hydrogen) atoms. The summed E-state index contributed by atoms with van der Waals surface area (Å²) < 4.78 is 0.746. The third kappa shape index (κ3) is 2.09. The Morgan fingerprint density at radius 3 is 2.75 bits per heavy atom. The van der Waals surface area contributed by atoms with Crippen LogP contribution >= 0.6 is 43.5 Å². The van der Waals surface area contributed by atoms with Crippen molar-refractivity contribution in [3.05, 3.63) is 33.3 Å². The number of alkyl halides is 1. The van der Waals surface area contributed by atoms with Crippen LogP contribution in [-0.4, -0.2) is 11.1 Å². The molecule has 1 aromatic rings. The molecule has 0 aliphatic rings. The molecule has 4 heteroatoms. The SMILES string of the molecule is O=C(CBr)c1cccc(Br)c1Cl. The van der Waals surface area contributed by atoms with Crippen LogP contribution in [0.4, 0.5) is 0 Å². The van der Waals surface area contributed by atoms with Crippen molar-refractivity contribution >= 4 is 49.2 Å². The standard InChI is InChI=1S/C8H5Br2ClO/c9-4-7(12)5-2-1-3-6(10)8(5)11/h1-3H,4H2. The molecule has 0 radical (unpaired) electrons. The molecule has 0 saturated heterocycles. The number of halogens is 3. The van der Waals surface area contributed by atoms with Crippen LogP contribution in [0.5, 0.6) is 0 Å². The Morgan fingerprint density at radius 1 is 1.50 bits per heavy atom. The molecule has 0 amide bonds. The predicted octanol–water partition coefficient (Wildman–Crippen LogP) is 3.68. The average Bonchev–Trinajstić information content (AvgIpc) is 2.08. The molecule has 1 nitrogen and oxygen atoms in total. The largest absolute Gasteiger partial charge is 0.293 e. The van der Waals surface area contributed by atoms with Gasteiger partial charge in [-0.3, -0.25) is 4.79 Å². The molecule has 0 saturated carbocycles. The molecule has 0 aliphatic carbocycles. The first-order valence-corrected chi connectivity index (χ1v) is 5.49. The molecular formula is C8H5Br2ClO. The minimum Gasteiger partial charge on any atom is -0.293 e. The molecule has 1 aromatic carbocycles. The van der Waals surface area contributed by atoms with Crippen LogP contribution in [-0.2, 0) is 0 Å². The van der Waals surface area contributed by atoms with E-state index in [-0.39, 0.29) is 5.78 Å². The van der Waals surface area contributed by atoms with Gasteiger partial charge in [-0.1, -0.05) is 33.6 Å². The first kappa shape index (κ1) is 10.2. The zero-order valence-electron chi connectivity index (χ0n) is 5.98. The normalized spacial score (nSPS) is 9.92. The quantitative estimate of drug-likeness (QED) is 0.601. The number of ketones is 1. The van der Waals surface area contributed by atoms with E-state index in [1.807, 2.05) is 0 Å². The summed E-state index contributed by atoms with van der Waals surface area (Å²) >= 11 is 12.2. The zero-order chi connectivity index (χ0) is 9.14. The summed E-state index contributed by atoms with van der Waals surface area (Å²) in [6, 6.07) is 5.29. The summed E-state index contributed by atoms with van der Waals surface area (Å²) in [5.74, 6) is -0.0127. The summed E-state index contributed by atoms with van der Waals surface area (Å²) in [6.45, 7) is 0. The Balaban J connectivity index is 3.16. The van der Waals surface area contributed by atoms with Gasteiger partial charge in [-0.15, -0.1) is 0 Å². The lowest BCUT2D eigenvalue weighted by atomic mass is 10.1. The van der Waals surface area contributed by atoms with Crippen LogP contribution < -0.4 is 0 Å². The van der Waals surface area contributed by atoms with E-state index in [1.54, 1.807) is 18.2 Å². The molecule has 0 N–H and O–H groups in total. The predicted molar refractivity (Wildman–Crippen MR) is 57.3 cm³/mol. The number of Topliss-reactive ketones (excluding diaryl/α,β-unsaturated/α-hetero) is 1. The molecule has 0 aliphatic heterocycles. The molecule has 1 rings (SSSR count). The van der Waals surface area contributed by atoms with E-state index in [9.17, 15) is 4.79 Å². The minimum absolute atomic E-state index is 0.0127. The van der Waals surface area contributed by atoms with Crippen molar-refractivity contribution in [3.63, 3.8) is 0 Å². The fraction of sp³-hybridized carbons (Fsp3) is 0.125. The summed E-state index contributed by atoms with van der Waals surface area (Å²) in [6.07, 6.45) is 0. The van der Waals surface area contributed by atoms with E-state index in [2.05, 4.69) is 31.9 Å². The van der Waals surface area contributed by atoms with Crippen molar-refractivity contribution in [2.45, 2.75) is 0 Å². The van der Waals surface area contributed by atoms with Crippen LogP contribution in [0, 0.1) is 0 Å². The van der Waals surface area contributed by atoms with Gasteiger partial charge < -0.3 is 0 Å². The third-order valence-electron chi connectivity index (χ3n) is 1.37. The highest BCUT2D eigenvalue weighted by Crippen LogP contribution is 2.26. The molecule has 0 fully saturated rings.